The molecule has 0 aliphatic heterocycles. The van der Waals surface area contributed by atoms with E-state index in [1.807, 2.05) is 48.5 Å². The van der Waals surface area contributed by atoms with E-state index in [1.54, 1.807) is 13.2 Å². The third kappa shape index (κ3) is 2.02. The van der Waals surface area contributed by atoms with Crippen LogP contribution in [0.4, 0.5) is 0 Å². The van der Waals surface area contributed by atoms with Crippen LogP contribution in [-0.2, 0) is 0 Å². The molecule has 0 saturated carbocycles. The van der Waals surface area contributed by atoms with Gasteiger partial charge in [-0.05, 0) is 34.7 Å². The number of fused-ring (bicyclic) bond motifs is 1. The quantitative estimate of drug-likeness (QED) is 0.737. The van der Waals surface area contributed by atoms with Crippen molar-refractivity contribution in [1.82, 2.24) is 0 Å². The average Bonchev–Trinajstić information content (AvgIpc) is 2.47. The topological polar surface area (TPSA) is 29.5 Å². The van der Waals surface area contributed by atoms with E-state index in [0.717, 1.165) is 21.9 Å². The molecule has 19 heavy (non-hydrogen) atoms. The summed E-state index contributed by atoms with van der Waals surface area (Å²) < 4.78 is 5.29. The zero-order valence-electron chi connectivity index (χ0n) is 10.6. The molecule has 2 heteroatoms. The van der Waals surface area contributed by atoms with Gasteiger partial charge in [0.2, 0.25) is 0 Å². The van der Waals surface area contributed by atoms with Crippen molar-refractivity contribution in [3.63, 3.8) is 0 Å². The minimum Gasteiger partial charge on any atom is -0.507 e. The number of ether oxygens (including phenoxy) is 1. The second-order valence-corrected chi connectivity index (χ2v) is 4.42. The van der Waals surface area contributed by atoms with Crippen molar-refractivity contribution in [2.45, 2.75) is 0 Å². The van der Waals surface area contributed by atoms with Crippen molar-refractivity contribution in [3.8, 4) is 22.6 Å². The first kappa shape index (κ1) is 11.6. The van der Waals surface area contributed by atoms with Crippen molar-refractivity contribution < 1.29 is 9.84 Å². The summed E-state index contributed by atoms with van der Waals surface area (Å²) >= 11 is 0. The first-order valence-electron chi connectivity index (χ1n) is 6.15. The number of phenols is 1. The van der Waals surface area contributed by atoms with Crippen molar-refractivity contribution >= 4 is 10.8 Å². The molecule has 0 radical (unpaired) electrons. The van der Waals surface area contributed by atoms with Gasteiger partial charge in [-0.15, -0.1) is 0 Å². The molecule has 0 aliphatic carbocycles. The van der Waals surface area contributed by atoms with Crippen LogP contribution in [0.5, 0.6) is 11.5 Å². The maximum Gasteiger partial charge on any atom is 0.130 e. The summed E-state index contributed by atoms with van der Waals surface area (Å²) in [5.74, 6) is 0.934. The molecule has 3 rings (SSSR count). The molecule has 94 valence electrons. The SMILES string of the molecule is COc1cccc2cc(-c3ccccc3)cc(O)c12. The Morgan fingerprint density at radius 2 is 1.63 bits per heavy atom. The van der Waals surface area contributed by atoms with E-state index in [0.29, 0.717) is 5.75 Å². The van der Waals surface area contributed by atoms with E-state index in [4.69, 9.17) is 4.74 Å². The highest BCUT2D eigenvalue weighted by Gasteiger charge is 2.09. The van der Waals surface area contributed by atoms with Crippen LogP contribution >= 0.6 is 0 Å². The predicted molar refractivity (Wildman–Crippen MR) is 77.6 cm³/mol. The first-order valence-corrected chi connectivity index (χ1v) is 6.15. The van der Waals surface area contributed by atoms with Crippen LogP contribution in [0.2, 0.25) is 0 Å². The fourth-order valence-corrected chi connectivity index (χ4v) is 2.34. The lowest BCUT2D eigenvalue weighted by Gasteiger charge is -2.10. The highest BCUT2D eigenvalue weighted by atomic mass is 16.5. The summed E-state index contributed by atoms with van der Waals surface area (Å²) in [6, 6.07) is 19.6. The molecule has 0 bridgehead atoms. The molecule has 1 N–H and O–H groups in total. The Labute approximate surface area is 111 Å². The molecule has 0 heterocycles. The maximum absolute atomic E-state index is 10.2. The lowest BCUT2D eigenvalue weighted by Crippen LogP contribution is -1.86. The lowest BCUT2D eigenvalue weighted by molar-refractivity contribution is 0.416. The van der Waals surface area contributed by atoms with E-state index >= 15 is 0 Å². The number of benzene rings is 3. The summed E-state index contributed by atoms with van der Waals surface area (Å²) in [4.78, 5) is 0. The number of methoxy groups -OCH3 is 1. The van der Waals surface area contributed by atoms with E-state index in [2.05, 4.69) is 6.07 Å². The summed E-state index contributed by atoms with van der Waals surface area (Å²) in [5, 5.41) is 12.0. The van der Waals surface area contributed by atoms with Crippen LogP contribution in [-0.4, -0.2) is 12.2 Å². The molecule has 0 spiro atoms. The van der Waals surface area contributed by atoms with Crippen LogP contribution in [0, 0.1) is 0 Å². The predicted octanol–water partition coefficient (Wildman–Crippen LogP) is 4.22. The van der Waals surface area contributed by atoms with Crippen molar-refractivity contribution in [1.29, 1.82) is 0 Å². The number of hydrogen-bond acceptors (Lipinski definition) is 2. The fourth-order valence-electron chi connectivity index (χ4n) is 2.34. The van der Waals surface area contributed by atoms with Gasteiger partial charge in [-0.3, -0.25) is 0 Å². The van der Waals surface area contributed by atoms with Gasteiger partial charge >= 0.3 is 0 Å². The minimum absolute atomic E-state index is 0.244. The van der Waals surface area contributed by atoms with Gasteiger partial charge in [0.05, 0.1) is 12.5 Å². The number of aromatic hydroxyl groups is 1. The second-order valence-electron chi connectivity index (χ2n) is 4.42. The Morgan fingerprint density at radius 1 is 0.842 bits per heavy atom. The van der Waals surface area contributed by atoms with Crippen LogP contribution in [0.1, 0.15) is 0 Å². The minimum atomic E-state index is 0.244. The molecule has 0 unspecified atom stereocenters. The van der Waals surface area contributed by atoms with Gasteiger partial charge in [-0.1, -0.05) is 42.5 Å². The van der Waals surface area contributed by atoms with E-state index in [-0.39, 0.29) is 5.75 Å². The van der Waals surface area contributed by atoms with E-state index in [1.165, 1.54) is 0 Å². The first-order chi connectivity index (χ1) is 9.29. The van der Waals surface area contributed by atoms with E-state index < -0.39 is 0 Å². The van der Waals surface area contributed by atoms with Gasteiger partial charge in [-0.2, -0.15) is 0 Å². The number of phenolic OH excluding ortho intramolecular Hbond substituents is 1. The number of rotatable bonds is 2. The van der Waals surface area contributed by atoms with Crippen LogP contribution in [0.25, 0.3) is 21.9 Å². The Morgan fingerprint density at radius 3 is 2.37 bits per heavy atom. The molecule has 0 fully saturated rings. The van der Waals surface area contributed by atoms with Gasteiger partial charge in [0, 0.05) is 0 Å². The molecule has 0 saturated heterocycles. The van der Waals surface area contributed by atoms with Crippen LogP contribution in [0.3, 0.4) is 0 Å². The maximum atomic E-state index is 10.2. The van der Waals surface area contributed by atoms with Gasteiger partial charge < -0.3 is 9.84 Å². The second kappa shape index (κ2) is 4.65. The van der Waals surface area contributed by atoms with E-state index in [9.17, 15) is 5.11 Å². The van der Waals surface area contributed by atoms with Crippen LogP contribution in [0.15, 0.2) is 60.7 Å². The number of hydrogen-bond donors (Lipinski definition) is 1. The molecular formula is C17H14O2. The molecular weight excluding hydrogens is 236 g/mol. The summed E-state index contributed by atoms with van der Waals surface area (Å²) in [6.45, 7) is 0. The molecule has 0 aliphatic rings. The van der Waals surface area contributed by atoms with Crippen molar-refractivity contribution in [2.24, 2.45) is 0 Å². The third-order valence-electron chi connectivity index (χ3n) is 3.24. The van der Waals surface area contributed by atoms with Gasteiger partial charge in [0.1, 0.15) is 11.5 Å². The highest BCUT2D eigenvalue weighted by molar-refractivity contribution is 5.96. The summed E-state index contributed by atoms with van der Waals surface area (Å²) in [6.07, 6.45) is 0. The molecule has 0 atom stereocenters. The van der Waals surface area contributed by atoms with Gasteiger partial charge in [-0.25, -0.2) is 0 Å². The molecule has 2 nitrogen and oxygen atoms in total. The normalized spacial score (nSPS) is 10.6. The zero-order chi connectivity index (χ0) is 13.2. The molecule has 3 aromatic rings. The van der Waals surface area contributed by atoms with Crippen LogP contribution < -0.4 is 4.74 Å². The Kier molecular flexibility index (Phi) is 2.84. The smallest absolute Gasteiger partial charge is 0.130 e. The Bertz CT molecular complexity index is 718. The lowest BCUT2D eigenvalue weighted by atomic mass is 10.00. The zero-order valence-corrected chi connectivity index (χ0v) is 10.6. The molecule has 3 aromatic carbocycles. The monoisotopic (exact) mass is 250 g/mol. The molecule has 0 amide bonds. The third-order valence-corrected chi connectivity index (χ3v) is 3.24. The Balaban J connectivity index is 2.26. The fraction of sp³-hybridized carbons (Fsp3) is 0.0588. The van der Waals surface area contributed by atoms with Gasteiger partial charge in [0.25, 0.3) is 0 Å². The average molecular weight is 250 g/mol. The molecule has 0 aromatic heterocycles. The van der Waals surface area contributed by atoms with Gasteiger partial charge in [0.15, 0.2) is 0 Å². The van der Waals surface area contributed by atoms with Crippen molar-refractivity contribution in [2.75, 3.05) is 7.11 Å². The summed E-state index contributed by atoms with van der Waals surface area (Å²) in [5.41, 5.74) is 2.08. The Hall–Kier alpha value is -2.48. The standard InChI is InChI=1S/C17H14O2/c1-19-16-9-5-8-13-10-14(11-15(18)17(13)16)12-6-3-2-4-7-12/h2-11,18H,1H3. The summed E-state index contributed by atoms with van der Waals surface area (Å²) in [7, 11) is 1.61. The highest BCUT2D eigenvalue weighted by Crippen LogP contribution is 2.37. The largest absolute Gasteiger partial charge is 0.507 e. The van der Waals surface area contributed by atoms with Crippen molar-refractivity contribution in [3.05, 3.63) is 60.7 Å².